The number of aromatic nitrogens is 1. The number of thiol groups is 1. The first-order chi connectivity index (χ1) is 6.42. The molecule has 1 aromatic heterocycles. The van der Waals surface area contributed by atoms with Crippen LogP contribution in [0.25, 0.3) is 10.9 Å². The molecular formula is C11H12NS+. The first-order valence-electron chi connectivity index (χ1n) is 4.40. The smallest absolute Gasteiger partial charge is 0.197 e. The van der Waals surface area contributed by atoms with Crippen molar-refractivity contribution in [3.63, 3.8) is 0 Å². The lowest BCUT2D eigenvalue weighted by molar-refractivity contribution is -0.666. The minimum Gasteiger partial charge on any atom is -0.197 e. The van der Waals surface area contributed by atoms with Crippen LogP contribution in [-0.4, -0.2) is 5.75 Å². The molecule has 0 amide bonds. The normalized spacial score (nSPS) is 10.5. The van der Waals surface area contributed by atoms with Crippen molar-refractivity contribution in [3.05, 3.63) is 42.6 Å². The number of hydrogen-bond acceptors (Lipinski definition) is 1. The number of aryl methyl sites for hydroxylation is 1. The zero-order valence-corrected chi connectivity index (χ0v) is 8.24. The van der Waals surface area contributed by atoms with Crippen molar-refractivity contribution >= 4 is 23.5 Å². The molecule has 0 aliphatic rings. The summed E-state index contributed by atoms with van der Waals surface area (Å²) < 4.78 is 2.22. The van der Waals surface area contributed by atoms with Gasteiger partial charge >= 0.3 is 0 Å². The Morgan fingerprint density at radius 3 is 2.69 bits per heavy atom. The molecule has 1 heterocycles. The molecule has 0 fully saturated rings. The van der Waals surface area contributed by atoms with Crippen molar-refractivity contribution in [2.75, 3.05) is 5.75 Å². The summed E-state index contributed by atoms with van der Waals surface area (Å²) in [7, 11) is 0. The van der Waals surface area contributed by atoms with Gasteiger partial charge in [0.15, 0.2) is 12.7 Å². The van der Waals surface area contributed by atoms with Gasteiger partial charge in [-0.2, -0.15) is 17.2 Å². The highest BCUT2D eigenvalue weighted by Crippen LogP contribution is 2.07. The van der Waals surface area contributed by atoms with Crippen LogP contribution in [0, 0.1) is 0 Å². The van der Waals surface area contributed by atoms with Crippen LogP contribution in [0.15, 0.2) is 42.6 Å². The van der Waals surface area contributed by atoms with E-state index in [0.717, 1.165) is 12.3 Å². The molecule has 0 atom stereocenters. The maximum Gasteiger partial charge on any atom is 0.212 e. The fraction of sp³-hybridized carbons (Fsp3) is 0.182. The third-order valence-corrected chi connectivity index (χ3v) is 2.33. The number of fused-ring (bicyclic) bond motifs is 1. The quantitative estimate of drug-likeness (QED) is 0.546. The number of para-hydroxylation sites is 1. The Bertz CT molecular complexity index is 406. The molecule has 0 aliphatic carbocycles. The lowest BCUT2D eigenvalue weighted by Crippen LogP contribution is -2.34. The third-order valence-electron chi connectivity index (χ3n) is 2.13. The minimum atomic E-state index is 0.874. The van der Waals surface area contributed by atoms with E-state index in [1.807, 2.05) is 0 Å². The summed E-state index contributed by atoms with van der Waals surface area (Å²) in [5, 5.41) is 1.28. The maximum absolute atomic E-state index is 4.24. The number of pyridine rings is 1. The third kappa shape index (κ3) is 1.68. The van der Waals surface area contributed by atoms with Crippen LogP contribution in [0.1, 0.15) is 0 Å². The van der Waals surface area contributed by atoms with Gasteiger partial charge in [0.2, 0.25) is 5.52 Å². The van der Waals surface area contributed by atoms with E-state index in [1.54, 1.807) is 0 Å². The maximum atomic E-state index is 4.24. The monoisotopic (exact) mass is 190 g/mol. The SMILES string of the molecule is SCC[n+]1cccc2ccccc21. The lowest BCUT2D eigenvalue weighted by Gasteiger charge is -1.98. The van der Waals surface area contributed by atoms with Crippen LogP contribution in [-0.2, 0) is 6.54 Å². The highest BCUT2D eigenvalue weighted by Gasteiger charge is 2.04. The topological polar surface area (TPSA) is 3.88 Å². The van der Waals surface area contributed by atoms with E-state index < -0.39 is 0 Å². The molecule has 1 aromatic carbocycles. The number of rotatable bonds is 2. The van der Waals surface area contributed by atoms with Crippen LogP contribution < -0.4 is 4.57 Å². The van der Waals surface area contributed by atoms with Gasteiger partial charge in [-0.3, -0.25) is 0 Å². The van der Waals surface area contributed by atoms with Crippen molar-refractivity contribution in [3.8, 4) is 0 Å². The van der Waals surface area contributed by atoms with Crippen molar-refractivity contribution in [1.82, 2.24) is 0 Å². The molecule has 0 N–H and O–H groups in total. The van der Waals surface area contributed by atoms with Gasteiger partial charge in [0.05, 0.1) is 0 Å². The van der Waals surface area contributed by atoms with Gasteiger partial charge < -0.3 is 0 Å². The molecule has 2 aromatic rings. The molecule has 2 heteroatoms. The van der Waals surface area contributed by atoms with Gasteiger partial charge in [-0.05, 0) is 12.1 Å². The van der Waals surface area contributed by atoms with E-state index in [2.05, 4.69) is 59.8 Å². The van der Waals surface area contributed by atoms with Gasteiger partial charge in [-0.1, -0.05) is 12.1 Å². The number of nitrogens with zero attached hydrogens (tertiary/aromatic N) is 1. The van der Waals surface area contributed by atoms with Gasteiger partial charge in [-0.15, -0.1) is 0 Å². The molecule has 0 aliphatic heterocycles. The van der Waals surface area contributed by atoms with Gasteiger partial charge in [-0.25, -0.2) is 0 Å². The molecule has 2 rings (SSSR count). The van der Waals surface area contributed by atoms with Crippen LogP contribution >= 0.6 is 12.6 Å². The summed E-state index contributed by atoms with van der Waals surface area (Å²) in [6.45, 7) is 0.963. The Morgan fingerprint density at radius 1 is 1.08 bits per heavy atom. The Hall–Kier alpha value is -1.02. The van der Waals surface area contributed by atoms with E-state index in [9.17, 15) is 0 Å². The van der Waals surface area contributed by atoms with Crippen molar-refractivity contribution < 1.29 is 4.57 Å². The molecule has 66 valence electrons. The minimum absolute atomic E-state index is 0.874. The average Bonchev–Trinajstić information content (AvgIpc) is 2.19. The largest absolute Gasteiger partial charge is 0.212 e. The second-order valence-electron chi connectivity index (χ2n) is 2.98. The fourth-order valence-corrected chi connectivity index (χ4v) is 1.74. The Morgan fingerprint density at radius 2 is 1.85 bits per heavy atom. The summed E-state index contributed by atoms with van der Waals surface area (Å²) in [6.07, 6.45) is 2.10. The zero-order valence-electron chi connectivity index (χ0n) is 7.35. The number of benzene rings is 1. The van der Waals surface area contributed by atoms with Gasteiger partial charge in [0.1, 0.15) is 0 Å². The molecule has 0 radical (unpaired) electrons. The van der Waals surface area contributed by atoms with Crippen LogP contribution in [0.2, 0.25) is 0 Å². The highest BCUT2D eigenvalue weighted by atomic mass is 32.1. The highest BCUT2D eigenvalue weighted by molar-refractivity contribution is 7.80. The molecule has 0 saturated heterocycles. The van der Waals surface area contributed by atoms with Crippen molar-refractivity contribution in [2.45, 2.75) is 6.54 Å². The van der Waals surface area contributed by atoms with E-state index >= 15 is 0 Å². The van der Waals surface area contributed by atoms with Crippen molar-refractivity contribution in [2.24, 2.45) is 0 Å². The summed E-state index contributed by atoms with van der Waals surface area (Å²) in [5.74, 6) is 0.874. The van der Waals surface area contributed by atoms with E-state index in [-0.39, 0.29) is 0 Å². The molecule has 0 unspecified atom stereocenters. The lowest BCUT2D eigenvalue weighted by atomic mass is 10.2. The molecule has 0 bridgehead atoms. The summed E-state index contributed by atoms with van der Waals surface area (Å²) in [4.78, 5) is 0. The molecular weight excluding hydrogens is 178 g/mol. The molecule has 13 heavy (non-hydrogen) atoms. The average molecular weight is 190 g/mol. The summed E-state index contributed by atoms with van der Waals surface area (Å²) in [6, 6.07) is 12.6. The molecule has 0 saturated carbocycles. The van der Waals surface area contributed by atoms with Crippen LogP contribution in [0.5, 0.6) is 0 Å². The Labute approximate surface area is 83.4 Å². The predicted molar refractivity (Wildman–Crippen MR) is 58.0 cm³/mol. The van der Waals surface area contributed by atoms with Crippen LogP contribution in [0.4, 0.5) is 0 Å². The Balaban J connectivity index is 2.61. The molecule has 0 spiro atoms. The zero-order chi connectivity index (χ0) is 9.10. The van der Waals surface area contributed by atoms with Crippen molar-refractivity contribution in [1.29, 1.82) is 0 Å². The second kappa shape index (κ2) is 3.79. The van der Waals surface area contributed by atoms with Gasteiger partial charge in [0, 0.05) is 23.3 Å². The predicted octanol–water partition coefficient (Wildman–Crippen LogP) is 2.06. The fourth-order valence-electron chi connectivity index (χ4n) is 1.52. The van der Waals surface area contributed by atoms with E-state index in [4.69, 9.17) is 0 Å². The van der Waals surface area contributed by atoms with E-state index in [0.29, 0.717) is 0 Å². The van der Waals surface area contributed by atoms with Crippen LogP contribution in [0.3, 0.4) is 0 Å². The Kier molecular flexibility index (Phi) is 2.50. The second-order valence-corrected chi connectivity index (χ2v) is 3.43. The first kappa shape index (κ1) is 8.57. The first-order valence-corrected chi connectivity index (χ1v) is 5.03. The van der Waals surface area contributed by atoms with Gasteiger partial charge in [0.25, 0.3) is 0 Å². The molecule has 1 nitrogen and oxygen atoms in total. The number of hydrogen-bond donors (Lipinski definition) is 1. The summed E-state index contributed by atoms with van der Waals surface area (Å²) >= 11 is 4.24. The van der Waals surface area contributed by atoms with E-state index in [1.165, 1.54) is 10.9 Å². The standard InChI is InChI=1S/C11H11NS/c13-9-8-12-7-3-5-10-4-1-2-6-11(10)12/h1-7H,8-9H2/p+1. The summed E-state index contributed by atoms with van der Waals surface area (Å²) in [5.41, 5.74) is 1.28.